The summed E-state index contributed by atoms with van der Waals surface area (Å²) in [5.74, 6) is 0.626. The summed E-state index contributed by atoms with van der Waals surface area (Å²) in [4.78, 5) is 9.16. The summed E-state index contributed by atoms with van der Waals surface area (Å²) in [6, 6.07) is 7.17. The van der Waals surface area contributed by atoms with E-state index in [1.807, 2.05) is 32.9 Å². The zero-order valence-electron chi connectivity index (χ0n) is 15.1. The highest BCUT2D eigenvalue weighted by molar-refractivity contribution is 7.99. The number of nitrogens with one attached hydrogen (secondary N) is 1. The Balaban J connectivity index is 1.91. The topological polar surface area (TPSA) is 89.7 Å². The van der Waals surface area contributed by atoms with Crippen molar-refractivity contribution in [2.75, 3.05) is 5.73 Å². The number of H-pyrrole nitrogens is 1. The van der Waals surface area contributed by atoms with E-state index in [-0.39, 0.29) is 12.1 Å². The first-order valence-corrected chi connectivity index (χ1v) is 9.89. The van der Waals surface area contributed by atoms with Crippen LogP contribution in [-0.2, 0) is 0 Å². The number of benzene rings is 1. The molecule has 0 aliphatic rings. The molecule has 0 aliphatic heterocycles. The number of ether oxygens (including phenoxy) is 1. The average Bonchev–Trinajstić information content (AvgIpc) is 2.91. The predicted octanol–water partition coefficient (Wildman–Crippen LogP) is 5.39. The number of aromatic nitrogens is 4. The first-order valence-electron chi connectivity index (χ1n) is 8.32. The van der Waals surface area contributed by atoms with E-state index in [0.29, 0.717) is 15.9 Å². The minimum Gasteiger partial charge on any atom is -0.469 e. The van der Waals surface area contributed by atoms with Crippen LogP contribution in [0.4, 0.5) is 5.95 Å². The van der Waals surface area contributed by atoms with Crippen LogP contribution in [0.25, 0.3) is 0 Å². The molecule has 3 aromatic rings. The Morgan fingerprint density at radius 3 is 2.48 bits per heavy atom. The molecule has 0 spiro atoms. The maximum atomic E-state index is 6.12. The van der Waals surface area contributed by atoms with Gasteiger partial charge in [-0.3, -0.25) is 5.10 Å². The average molecular weight is 424 g/mol. The van der Waals surface area contributed by atoms with E-state index in [4.69, 9.17) is 33.7 Å². The van der Waals surface area contributed by atoms with Gasteiger partial charge in [0, 0.05) is 32.3 Å². The number of aromatic amines is 1. The lowest BCUT2D eigenvalue weighted by Crippen LogP contribution is -2.10. The van der Waals surface area contributed by atoms with E-state index in [9.17, 15) is 0 Å². The van der Waals surface area contributed by atoms with Gasteiger partial charge in [0.15, 0.2) is 0 Å². The van der Waals surface area contributed by atoms with Gasteiger partial charge in [0.05, 0.1) is 5.69 Å². The summed E-state index contributed by atoms with van der Waals surface area (Å²) in [5, 5.41) is 9.46. The molecule has 6 nitrogen and oxygen atoms in total. The fourth-order valence-electron chi connectivity index (χ4n) is 2.70. The summed E-state index contributed by atoms with van der Waals surface area (Å²) >= 11 is 13.7. The molecule has 9 heteroatoms. The fraction of sp³-hybridized carbons (Fsp3) is 0.278. The molecule has 1 atom stereocenters. The lowest BCUT2D eigenvalue weighted by Gasteiger charge is -2.18. The Kier molecular flexibility index (Phi) is 6.14. The summed E-state index contributed by atoms with van der Waals surface area (Å²) in [6.45, 7) is 5.82. The van der Waals surface area contributed by atoms with Crippen LogP contribution >= 0.6 is 35.0 Å². The van der Waals surface area contributed by atoms with E-state index in [0.717, 1.165) is 33.3 Å². The van der Waals surface area contributed by atoms with Gasteiger partial charge in [0.25, 0.3) is 0 Å². The lowest BCUT2D eigenvalue weighted by atomic mass is 10.1. The molecular weight excluding hydrogens is 405 g/mol. The molecule has 0 saturated carbocycles. The number of nitrogens with zero attached hydrogens (tertiary/aromatic N) is 3. The van der Waals surface area contributed by atoms with E-state index in [1.54, 1.807) is 12.1 Å². The quantitative estimate of drug-likeness (QED) is 0.552. The first-order chi connectivity index (χ1) is 12.9. The van der Waals surface area contributed by atoms with Gasteiger partial charge in [-0.1, -0.05) is 41.9 Å². The van der Waals surface area contributed by atoms with Crippen LogP contribution in [0.2, 0.25) is 10.0 Å². The van der Waals surface area contributed by atoms with Gasteiger partial charge in [-0.15, -0.1) is 0 Å². The SMILES string of the molecule is CCC(Oc1cc(C)nc(N)n1)c1c(C)n[nH]c1Sc1cc(Cl)cc(Cl)c1. The Morgan fingerprint density at radius 1 is 1.15 bits per heavy atom. The molecular formula is C18H19Cl2N5OS. The van der Waals surface area contributed by atoms with E-state index < -0.39 is 0 Å². The van der Waals surface area contributed by atoms with Gasteiger partial charge in [0.2, 0.25) is 11.8 Å². The van der Waals surface area contributed by atoms with Crippen LogP contribution in [0, 0.1) is 13.8 Å². The second-order valence-corrected chi connectivity index (χ2v) is 7.94. The predicted molar refractivity (Wildman–Crippen MR) is 109 cm³/mol. The number of halogens is 2. The van der Waals surface area contributed by atoms with E-state index >= 15 is 0 Å². The Labute approximate surface area is 171 Å². The molecule has 142 valence electrons. The smallest absolute Gasteiger partial charge is 0.223 e. The van der Waals surface area contributed by atoms with Crippen molar-refractivity contribution < 1.29 is 4.74 Å². The van der Waals surface area contributed by atoms with Gasteiger partial charge in [-0.2, -0.15) is 10.1 Å². The van der Waals surface area contributed by atoms with Crippen LogP contribution in [0.3, 0.4) is 0 Å². The third-order valence-corrected chi connectivity index (χ3v) is 5.24. The molecule has 0 saturated heterocycles. The zero-order chi connectivity index (χ0) is 19.6. The molecule has 1 unspecified atom stereocenters. The van der Waals surface area contributed by atoms with Crippen molar-refractivity contribution in [2.45, 2.75) is 43.2 Å². The molecule has 0 bridgehead atoms. The third-order valence-electron chi connectivity index (χ3n) is 3.82. The number of anilines is 1. The first kappa shape index (κ1) is 19.8. The van der Waals surface area contributed by atoms with E-state index in [1.165, 1.54) is 11.8 Å². The number of rotatable bonds is 6. The van der Waals surface area contributed by atoms with Crippen molar-refractivity contribution in [1.82, 2.24) is 20.2 Å². The van der Waals surface area contributed by atoms with Crippen LogP contribution < -0.4 is 10.5 Å². The number of aryl methyl sites for hydroxylation is 2. The summed E-state index contributed by atoms with van der Waals surface area (Å²) < 4.78 is 6.12. The number of nitrogens with two attached hydrogens (primary N) is 1. The lowest BCUT2D eigenvalue weighted by molar-refractivity contribution is 0.189. The normalized spacial score (nSPS) is 12.2. The van der Waals surface area contributed by atoms with Crippen LogP contribution in [-0.4, -0.2) is 20.2 Å². The molecule has 27 heavy (non-hydrogen) atoms. The van der Waals surface area contributed by atoms with Gasteiger partial charge in [-0.25, -0.2) is 4.98 Å². The third kappa shape index (κ3) is 4.86. The van der Waals surface area contributed by atoms with Crippen LogP contribution in [0.1, 0.15) is 36.4 Å². The van der Waals surface area contributed by atoms with Crippen LogP contribution in [0.15, 0.2) is 34.2 Å². The molecule has 0 fully saturated rings. The van der Waals surface area contributed by atoms with Gasteiger partial charge in [0.1, 0.15) is 11.1 Å². The van der Waals surface area contributed by atoms with Crippen molar-refractivity contribution in [3.05, 3.63) is 51.3 Å². The molecule has 3 N–H and O–H groups in total. The van der Waals surface area contributed by atoms with Crippen LogP contribution in [0.5, 0.6) is 5.88 Å². The molecule has 0 amide bonds. The molecule has 1 aromatic carbocycles. The molecule has 2 heterocycles. The van der Waals surface area contributed by atoms with Gasteiger partial charge in [-0.05, 0) is 38.5 Å². The second-order valence-electron chi connectivity index (χ2n) is 5.98. The largest absolute Gasteiger partial charge is 0.469 e. The monoisotopic (exact) mass is 423 g/mol. The minimum atomic E-state index is -0.241. The highest BCUT2D eigenvalue weighted by Gasteiger charge is 2.23. The second kappa shape index (κ2) is 8.37. The van der Waals surface area contributed by atoms with Crippen molar-refractivity contribution in [1.29, 1.82) is 0 Å². The number of nitrogen functional groups attached to an aromatic ring is 1. The number of hydrogen-bond acceptors (Lipinski definition) is 6. The summed E-state index contributed by atoms with van der Waals surface area (Å²) in [5.41, 5.74) is 8.31. The van der Waals surface area contributed by atoms with Crippen molar-refractivity contribution in [3.63, 3.8) is 0 Å². The van der Waals surface area contributed by atoms with Crippen molar-refractivity contribution in [3.8, 4) is 5.88 Å². The minimum absolute atomic E-state index is 0.187. The Bertz CT molecular complexity index is 922. The zero-order valence-corrected chi connectivity index (χ0v) is 17.4. The molecule has 3 rings (SSSR count). The summed E-state index contributed by atoms with van der Waals surface area (Å²) in [7, 11) is 0. The Morgan fingerprint density at radius 2 is 1.85 bits per heavy atom. The molecule has 2 aromatic heterocycles. The maximum absolute atomic E-state index is 6.12. The van der Waals surface area contributed by atoms with E-state index in [2.05, 4.69) is 20.2 Å². The highest BCUT2D eigenvalue weighted by atomic mass is 35.5. The van der Waals surface area contributed by atoms with Gasteiger partial charge < -0.3 is 10.5 Å². The van der Waals surface area contributed by atoms with Crippen molar-refractivity contribution >= 4 is 40.9 Å². The standard InChI is InChI=1S/C18H19Cl2N5OS/c1-4-14(26-15-5-9(2)22-18(21)23-15)16-10(3)24-25-17(16)27-13-7-11(19)6-12(20)8-13/h5-8,14H,4H2,1-3H3,(H,24,25)(H2,21,22,23). The maximum Gasteiger partial charge on any atom is 0.223 e. The molecule has 0 radical (unpaired) electrons. The summed E-state index contributed by atoms with van der Waals surface area (Å²) in [6.07, 6.45) is 0.488. The van der Waals surface area contributed by atoms with Crippen molar-refractivity contribution in [2.24, 2.45) is 0 Å². The fourth-order valence-corrected chi connectivity index (χ4v) is 4.44. The molecule has 0 aliphatic carbocycles. The highest BCUT2D eigenvalue weighted by Crippen LogP contribution is 2.38. The van der Waals surface area contributed by atoms with Gasteiger partial charge >= 0.3 is 0 Å². The Hall–Kier alpha value is -1.96. The number of hydrogen-bond donors (Lipinski definition) is 2.